The summed E-state index contributed by atoms with van der Waals surface area (Å²) < 4.78 is 5.10. The van der Waals surface area contributed by atoms with Crippen LogP contribution in [0.3, 0.4) is 0 Å². The third-order valence-corrected chi connectivity index (χ3v) is 2.86. The van der Waals surface area contributed by atoms with Crippen molar-refractivity contribution in [3.8, 4) is 0 Å². The third kappa shape index (κ3) is 6.71. The highest BCUT2D eigenvalue weighted by Crippen LogP contribution is 2.13. The van der Waals surface area contributed by atoms with Crippen molar-refractivity contribution in [2.75, 3.05) is 11.5 Å². The molecule has 0 rings (SSSR count). The summed E-state index contributed by atoms with van der Waals surface area (Å²) in [4.78, 5) is 22.4. The fourth-order valence-corrected chi connectivity index (χ4v) is 1.72. The Morgan fingerprint density at radius 2 is 1.94 bits per heavy atom. The van der Waals surface area contributed by atoms with E-state index < -0.39 is 17.2 Å². The van der Waals surface area contributed by atoms with E-state index in [-0.39, 0.29) is 0 Å². The molecule has 0 bridgehead atoms. The fraction of sp³-hybridized carbons (Fsp3) is 0.818. The first kappa shape index (κ1) is 15.3. The molecule has 5 heteroatoms. The van der Waals surface area contributed by atoms with Crippen LogP contribution in [0.25, 0.3) is 0 Å². The maximum Gasteiger partial charge on any atom is 0.408 e. The molecule has 0 aliphatic rings. The lowest BCUT2D eigenvalue weighted by atomic mass is 10.1. The van der Waals surface area contributed by atoms with Gasteiger partial charge in [-0.2, -0.15) is 11.8 Å². The molecular formula is C11H21NO3S. The van der Waals surface area contributed by atoms with Gasteiger partial charge in [0, 0.05) is 5.75 Å². The van der Waals surface area contributed by atoms with Gasteiger partial charge in [0.2, 0.25) is 0 Å². The Labute approximate surface area is 101 Å². The van der Waals surface area contributed by atoms with Crippen molar-refractivity contribution in [3.05, 3.63) is 0 Å². The number of carbonyl (C=O) groups excluding carboxylic acids is 2. The topological polar surface area (TPSA) is 55.4 Å². The number of carbonyl (C=O) groups is 2. The summed E-state index contributed by atoms with van der Waals surface area (Å²) in [5, 5.41) is 2.58. The van der Waals surface area contributed by atoms with Gasteiger partial charge in [-0.05, 0) is 33.4 Å². The summed E-state index contributed by atoms with van der Waals surface area (Å²) in [6, 6.07) is 0. The van der Waals surface area contributed by atoms with Crippen LogP contribution in [0.15, 0.2) is 0 Å². The quantitative estimate of drug-likeness (QED) is 0.757. The molecule has 0 aromatic rings. The second-order valence-corrected chi connectivity index (χ2v) is 6.07. The van der Waals surface area contributed by atoms with E-state index >= 15 is 0 Å². The van der Waals surface area contributed by atoms with Crippen LogP contribution in [0, 0.1) is 0 Å². The zero-order chi connectivity index (χ0) is 12.8. The van der Waals surface area contributed by atoms with Crippen LogP contribution < -0.4 is 5.32 Å². The molecule has 0 spiro atoms. The van der Waals surface area contributed by atoms with E-state index in [4.69, 9.17) is 4.74 Å². The molecule has 1 atom stereocenters. The van der Waals surface area contributed by atoms with Gasteiger partial charge in [-0.25, -0.2) is 4.79 Å². The highest BCUT2D eigenvalue weighted by molar-refractivity contribution is 7.99. The summed E-state index contributed by atoms with van der Waals surface area (Å²) in [6.07, 6.45) is 0.193. The zero-order valence-corrected chi connectivity index (χ0v) is 11.4. The van der Waals surface area contributed by atoms with Gasteiger partial charge in [-0.1, -0.05) is 6.92 Å². The maximum absolute atomic E-state index is 11.5. The lowest BCUT2D eigenvalue weighted by Crippen LogP contribution is -2.51. The Morgan fingerprint density at radius 3 is 2.31 bits per heavy atom. The van der Waals surface area contributed by atoms with Crippen molar-refractivity contribution in [3.63, 3.8) is 0 Å². The van der Waals surface area contributed by atoms with Gasteiger partial charge in [-0.3, -0.25) is 0 Å². The van der Waals surface area contributed by atoms with Gasteiger partial charge in [0.05, 0.1) is 0 Å². The fourth-order valence-electron chi connectivity index (χ4n) is 0.950. The summed E-state index contributed by atoms with van der Waals surface area (Å²) in [6.45, 7) is 9.04. The van der Waals surface area contributed by atoms with Crippen LogP contribution in [0.2, 0.25) is 0 Å². The highest BCUT2D eigenvalue weighted by Gasteiger charge is 2.28. The minimum absolute atomic E-state index is 0.548. The van der Waals surface area contributed by atoms with Gasteiger partial charge in [0.1, 0.15) is 17.4 Å². The summed E-state index contributed by atoms with van der Waals surface area (Å²) in [5.74, 6) is 1.45. The number of alkyl carbamates (subject to hydrolysis) is 1. The molecule has 0 aliphatic heterocycles. The molecule has 94 valence electrons. The largest absolute Gasteiger partial charge is 0.444 e. The molecule has 1 N–H and O–H groups in total. The van der Waals surface area contributed by atoms with E-state index in [2.05, 4.69) is 5.32 Å². The van der Waals surface area contributed by atoms with Crippen molar-refractivity contribution >= 4 is 24.1 Å². The molecule has 0 saturated carbocycles. The number of aldehydes is 1. The number of hydrogen-bond donors (Lipinski definition) is 1. The summed E-state index contributed by atoms with van der Waals surface area (Å²) in [5.41, 5.74) is -1.41. The van der Waals surface area contributed by atoms with E-state index in [0.717, 1.165) is 12.0 Å². The molecule has 0 aromatic heterocycles. The van der Waals surface area contributed by atoms with Gasteiger partial charge in [0.25, 0.3) is 0 Å². The number of thioether (sulfide) groups is 1. The van der Waals surface area contributed by atoms with E-state index in [1.165, 1.54) is 0 Å². The molecule has 16 heavy (non-hydrogen) atoms. The lowest BCUT2D eigenvalue weighted by Gasteiger charge is -2.27. The minimum Gasteiger partial charge on any atom is -0.444 e. The first-order chi connectivity index (χ1) is 7.22. The van der Waals surface area contributed by atoms with Crippen LogP contribution in [0.5, 0.6) is 0 Å². The van der Waals surface area contributed by atoms with E-state index in [1.54, 1.807) is 39.5 Å². The Morgan fingerprint density at radius 1 is 1.38 bits per heavy atom. The van der Waals surface area contributed by atoms with Crippen LogP contribution in [-0.2, 0) is 9.53 Å². The molecule has 0 fully saturated rings. The Hall–Kier alpha value is -0.710. The molecule has 1 amide bonds. The number of amides is 1. The van der Waals surface area contributed by atoms with Crippen LogP contribution in [-0.4, -0.2) is 35.0 Å². The van der Waals surface area contributed by atoms with Crippen molar-refractivity contribution in [2.45, 2.75) is 45.8 Å². The van der Waals surface area contributed by atoms with Crippen molar-refractivity contribution in [2.24, 2.45) is 0 Å². The van der Waals surface area contributed by atoms with Crippen molar-refractivity contribution in [1.29, 1.82) is 0 Å². The molecule has 1 unspecified atom stereocenters. The second kappa shape index (κ2) is 6.13. The van der Waals surface area contributed by atoms with E-state index in [0.29, 0.717) is 5.75 Å². The first-order valence-corrected chi connectivity index (χ1v) is 6.43. The highest BCUT2D eigenvalue weighted by atomic mass is 32.2. The average Bonchev–Trinajstić information content (AvgIpc) is 2.11. The van der Waals surface area contributed by atoms with Gasteiger partial charge in [0.15, 0.2) is 0 Å². The van der Waals surface area contributed by atoms with Crippen molar-refractivity contribution in [1.82, 2.24) is 5.32 Å². The first-order valence-electron chi connectivity index (χ1n) is 5.27. The smallest absolute Gasteiger partial charge is 0.408 e. The van der Waals surface area contributed by atoms with Gasteiger partial charge in [-0.15, -0.1) is 0 Å². The Kier molecular flexibility index (Phi) is 5.86. The molecule has 0 aliphatic carbocycles. The monoisotopic (exact) mass is 247 g/mol. The van der Waals surface area contributed by atoms with Crippen LogP contribution in [0.4, 0.5) is 4.79 Å². The standard InChI is InChI=1S/C11H21NO3S/c1-6-16-8-11(5,7-13)12-9(14)15-10(2,3)4/h7H,6,8H2,1-5H3,(H,12,14). The molecule has 0 radical (unpaired) electrons. The molecule has 0 aromatic carbocycles. The predicted octanol–water partition coefficient (Wildman–Crippen LogP) is 2.22. The summed E-state index contributed by atoms with van der Waals surface area (Å²) >= 11 is 1.60. The van der Waals surface area contributed by atoms with Crippen molar-refractivity contribution < 1.29 is 14.3 Å². The predicted molar refractivity (Wildman–Crippen MR) is 66.8 cm³/mol. The molecular weight excluding hydrogens is 226 g/mol. The number of nitrogens with one attached hydrogen (secondary N) is 1. The van der Waals surface area contributed by atoms with Gasteiger partial charge < -0.3 is 14.8 Å². The molecule has 0 heterocycles. The second-order valence-electron chi connectivity index (χ2n) is 4.80. The Bertz CT molecular complexity index is 250. The minimum atomic E-state index is -0.858. The molecule has 0 saturated heterocycles. The maximum atomic E-state index is 11.5. The molecule has 4 nitrogen and oxygen atoms in total. The van der Waals surface area contributed by atoms with Crippen LogP contribution in [0.1, 0.15) is 34.6 Å². The number of ether oxygens (including phenoxy) is 1. The van der Waals surface area contributed by atoms with Crippen LogP contribution >= 0.6 is 11.8 Å². The SMILES string of the molecule is CCSCC(C)(C=O)NC(=O)OC(C)(C)C. The zero-order valence-electron chi connectivity index (χ0n) is 10.6. The average molecular weight is 247 g/mol. The van der Waals surface area contributed by atoms with E-state index in [9.17, 15) is 9.59 Å². The normalized spacial score (nSPS) is 15.1. The lowest BCUT2D eigenvalue weighted by molar-refractivity contribution is -0.112. The summed E-state index contributed by atoms with van der Waals surface area (Å²) in [7, 11) is 0. The number of hydrogen-bond acceptors (Lipinski definition) is 4. The third-order valence-electron chi connectivity index (χ3n) is 1.65. The van der Waals surface area contributed by atoms with Gasteiger partial charge >= 0.3 is 6.09 Å². The Balaban J connectivity index is 4.31. The van der Waals surface area contributed by atoms with E-state index in [1.807, 2.05) is 6.92 Å². The number of rotatable bonds is 5.